The van der Waals surface area contributed by atoms with Crippen LogP contribution in [0.1, 0.15) is 69.2 Å². The van der Waals surface area contributed by atoms with Crippen LogP contribution in [0.3, 0.4) is 0 Å². The van der Waals surface area contributed by atoms with E-state index in [4.69, 9.17) is 0 Å². The number of rotatable bonds is 4. The van der Waals surface area contributed by atoms with Crippen molar-refractivity contribution < 1.29 is 18.0 Å². The summed E-state index contributed by atoms with van der Waals surface area (Å²) in [4.78, 5) is 27.1. The molecular weight excluding hydrogens is 400 g/mol. The Morgan fingerprint density at radius 3 is 2.23 bits per heavy atom. The second-order valence-corrected chi connectivity index (χ2v) is 11.1. The molecule has 7 heteroatoms. The van der Waals surface area contributed by atoms with Gasteiger partial charge in [0, 0.05) is 36.7 Å². The molecule has 1 aromatic rings. The number of nitrogens with zero attached hydrogens (tertiary/aromatic N) is 2. The van der Waals surface area contributed by atoms with Crippen molar-refractivity contribution in [2.75, 3.05) is 13.1 Å². The first-order chi connectivity index (χ1) is 14.3. The first-order valence-electron chi connectivity index (χ1n) is 11.2. The first-order valence-corrected chi connectivity index (χ1v) is 12.7. The monoisotopic (exact) mass is 432 g/mol. The van der Waals surface area contributed by atoms with Gasteiger partial charge in [-0.3, -0.25) is 9.59 Å². The second-order valence-electron chi connectivity index (χ2n) is 9.20. The number of ketones is 1. The van der Waals surface area contributed by atoms with Crippen molar-refractivity contribution in [2.24, 2.45) is 11.8 Å². The Kier molecular flexibility index (Phi) is 6.04. The highest BCUT2D eigenvalue weighted by atomic mass is 32.2. The molecule has 6 nitrogen and oxygen atoms in total. The van der Waals surface area contributed by atoms with Gasteiger partial charge in [-0.05, 0) is 64.0 Å². The zero-order chi connectivity index (χ0) is 21.5. The van der Waals surface area contributed by atoms with Crippen molar-refractivity contribution >= 4 is 21.7 Å². The lowest BCUT2D eigenvalue weighted by Gasteiger charge is -2.38. The maximum atomic E-state index is 13.3. The average Bonchev–Trinajstić information content (AvgIpc) is 3.09. The third-order valence-corrected chi connectivity index (χ3v) is 9.21. The lowest BCUT2D eigenvalue weighted by atomic mass is 9.84. The van der Waals surface area contributed by atoms with Gasteiger partial charge >= 0.3 is 0 Å². The van der Waals surface area contributed by atoms with E-state index in [1.807, 2.05) is 0 Å². The number of piperidine rings is 1. The van der Waals surface area contributed by atoms with Gasteiger partial charge in [-0.1, -0.05) is 25.0 Å². The van der Waals surface area contributed by atoms with Crippen LogP contribution in [0.2, 0.25) is 0 Å². The topological polar surface area (TPSA) is 74.8 Å². The van der Waals surface area contributed by atoms with Crippen LogP contribution in [0.4, 0.5) is 0 Å². The lowest BCUT2D eigenvalue weighted by Crippen LogP contribution is -2.48. The van der Waals surface area contributed by atoms with E-state index in [0.717, 1.165) is 12.8 Å². The molecule has 2 heterocycles. The lowest BCUT2D eigenvalue weighted by molar-refractivity contribution is -0.140. The highest BCUT2D eigenvalue weighted by Crippen LogP contribution is 2.41. The van der Waals surface area contributed by atoms with Crippen LogP contribution in [-0.4, -0.2) is 54.5 Å². The highest BCUT2D eigenvalue weighted by molar-refractivity contribution is 7.89. The number of benzene rings is 1. The van der Waals surface area contributed by atoms with E-state index in [1.54, 1.807) is 12.1 Å². The van der Waals surface area contributed by atoms with Gasteiger partial charge in [-0.2, -0.15) is 4.31 Å². The van der Waals surface area contributed by atoms with E-state index in [9.17, 15) is 18.0 Å². The van der Waals surface area contributed by atoms with Crippen molar-refractivity contribution in [2.45, 2.75) is 75.8 Å². The van der Waals surface area contributed by atoms with E-state index in [1.165, 1.54) is 42.6 Å². The average molecular weight is 433 g/mol. The van der Waals surface area contributed by atoms with Crippen LogP contribution < -0.4 is 0 Å². The van der Waals surface area contributed by atoms with E-state index in [-0.39, 0.29) is 22.5 Å². The summed E-state index contributed by atoms with van der Waals surface area (Å²) in [5.41, 5.74) is 0.499. The van der Waals surface area contributed by atoms with E-state index in [0.29, 0.717) is 49.5 Å². The van der Waals surface area contributed by atoms with Crippen molar-refractivity contribution in [1.29, 1.82) is 0 Å². The largest absolute Gasteiger partial charge is 0.336 e. The molecule has 164 valence electrons. The number of hydrogen-bond acceptors (Lipinski definition) is 4. The number of sulfonamides is 1. The third kappa shape index (κ3) is 3.94. The summed E-state index contributed by atoms with van der Waals surface area (Å²) in [6.07, 6.45) is 7.09. The molecule has 0 radical (unpaired) electrons. The Bertz CT molecular complexity index is 904. The molecule has 0 aromatic heterocycles. The summed E-state index contributed by atoms with van der Waals surface area (Å²) >= 11 is 0. The number of hydrogen-bond donors (Lipinski definition) is 0. The number of Topliss-reactive ketones (excluding diaryl/α,β-unsaturated/α-hetero) is 1. The van der Waals surface area contributed by atoms with E-state index >= 15 is 0 Å². The van der Waals surface area contributed by atoms with Gasteiger partial charge < -0.3 is 4.90 Å². The van der Waals surface area contributed by atoms with Gasteiger partial charge in [0.05, 0.1) is 4.90 Å². The van der Waals surface area contributed by atoms with Gasteiger partial charge in [0.2, 0.25) is 15.9 Å². The molecule has 2 saturated heterocycles. The molecule has 3 atom stereocenters. The number of carbonyl (C=O) groups excluding carboxylic acids is 2. The number of fused-ring (bicyclic) bond motifs is 1. The zero-order valence-corrected chi connectivity index (χ0v) is 18.7. The Morgan fingerprint density at radius 2 is 1.60 bits per heavy atom. The maximum Gasteiger partial charge on any atom is 0.243 e. The van der Waals surface area contributed by atoms with Crippen LogP contribution in [0.15, 0.2) is 29.2 Å². The molecule has 30 heavy (non-hydrogen) atoms. The van der Waals surface area contributed by atoms with Crippen LogP contribution >= 0.6 is 0 Å². The fourth-order valence-electron chi connectivity index (χ4n) is 5.65. The molecule has 0 bridgehead atoms. The summed E-state index contributed by atoms with van der Waals surface area (Å²) in [6, 6.07) is 6.80. The van der Waals surface area contributed by atoms with Crippen LogP contribution in [-0.2, 0) is 14.8 Å². The normalized spacial score (nSPS) is 28.3. The Labute approximate surface area is 179 Å². The molecule has 0 spiro atoms. The van der Waals surface area contributed by atoms with Crippen molar-refractivity contribution in [3.8, 4) is 0 Å². The molecular formula is C23H32N2O4S. The molecule has 3 aliphatic rings. The van der Waals surface area contributed by atoms with Gasteiger partial charge in [0.15, 0.2) is 5.78 Å². The fourth-order valence-corrected chi connectivity index (χ4v) is 7.12. The summed E-state index contributed by atoms with van der Waals surface area (Å²) in [5, 5.41) is 0. The van der Waals surface area contributed by atoms with Crippen LogP contribution in [0.5, 0.6) is 0 Å². The molecule has 2 aliphatic heterocycles. The van der Waals surface area contributed by atoms with Crippen LogP contribution in [0.25, 0.3) is 0 Å². The number of likely N-dealkylation sites (tertiary alicyclic amines) is 1. The number of carbonyl (C=O) groups is 2. The van der Waals surface area contributed by atoms with Gasteiger partial charge in [-0.15, -0.1) is 0 Å². The molecule has 3 fully saturated rings. The highest BCUT2D eigenvalue weighted by Gasteiger charge is 2.45. The zero-order valence-electron chi connectivity index (χ0n) is 17.9. The van der Waals surface area contributed by atoms with Gasteiger partial charge in [0.1, 0.15) is 0 Å². The molecule has 4 rings (SSSR count). The summed E-state index contributed by atoms with van der Waals surface area (Å²) < 4.78 is 27.5. The minimum atomic E-state index is -3.61. The minimum absolute atomic E-state index is 0.0836. The molecule has 1 aromatic carbocycles. The molecule has 0 N–H and O–H groups in total. The molecule has 1 saturated carbocycles. The predicted molar refractivity (Wildman–Crippen MR) is 115 cm³/mol. The van der Waals surface area contributed by atoms with Gasteiger partial charge in [0.25, 0.3) is 0 Å². The Balaban J connectivity index is 1.40. The fraction of sp³-hybridized carbons (Fsp3) is 0.652. The van der Waals surface area contributed by atoms with E-state index in [2.05, 4.69) is 11.8 Å². The Hall–Kier alpha value is -1.73. The van der Waals surface area contributed by atoms with Crippen molar-refractivity contribution in [1.82, 2.24) is 9.21 Å². The first kappa shape index (κ1) is 21.5. The maximum absolute atomic E-state index is 13.3. The quantitative estimate of drug-likeness (QED) is 0.683. The molecule has 3 unspecified atom stereocenters. The minimum Gasteiger partial charge on any atom is -0.336 e. The number of amides is 1. The SMILES string of the molecule is CC(=O)c1ccc(S(=O)(=O)N2CCC(C(=O)N3C(C)CC4CCCCC43)CC2)cc1. The molecule has 1 aliphatic carbocycles. The summed E-state index contributed by atoms with van der Waals surface area (Å²) in [7, 11) is -3.61. The van der Waals surface area contributed by atoms with Crippen LogP contribution in [0, 0.1) is 11.8 Å². The van der Waals surface area contributed by atoms with E-state index < -0.39 is 10.0 Å². The smallest absolute Gasteiger partial charge is 0.243 e. The summed E-state index contributed by atoms with van der Waals surface area (Å²) in [6.45, 7) is 4.36. The second kappa shape index (κ2) is 8.42. The molecule has 1 amide bonds. The standard InChI is InChI=1S/C23H32N2O4S/c1-16-15-20-5-3-4-6-22(20)25(16)23(27)19-11-13-24(14-12-19)30(28,29)21-9-7-18(8-10-21)17(2)26/h7-10,16,19-20,22H,3-6,11-15H2,1-2H3. The Morgan fingerprint density at radius 1 is 0.967 bits per heavy atom. The van der Waals surface area contributed by atoms with Crippen molar-refractivity contribution in [3.05, 3.63) is 29.8 Å². The third-order valence-electron chi connectivity index (χ3n) is 7.30. The summed E-state index contributed by atoms with van der Waals surface area (Å²) in [5.74, 6) is 0.713. The van der Waals surface area contributed by atoms with Gasteiger partial charge in [-0.25, -0.2) is 8.42 Å². The predicted octanol–water partition coefficient (Wildman–Crippen LogP) is 3.47. The van der Waals surface area contributed by atoms with Crippen molar-refractivity contribution in [3.63, 3.8) is 0 Å².